The number of esters is 1. The lowest BCUT2D eigenvalue weighted by Gasteiger charge is -1.96. The van der Waals surface area contributed by atoms with E-state index in [2.05, 4.69) is 4.74 Å². The molecule has 4 heteroatoms. The van der Waals surface area contributed by atoms with Gasteiger partial charge in [-0.3, -0.25) is 4.79 Å². The van der Waals surface area contributed by atoms with Crippen LogP contribution < -0.4 is 0 Å². The van der Waals surface area contributed by atoms with Crippen LogP contribution in [0.4, 0.5) is 0 Å². The van der Waals surface area contributed by atoms with Gasteiger partial charge in [0.15, 0.2) is 0 Å². The van der Waals surface area contributed by atoms with E-state index in [9.17, 15) is 4.79 Å². The quantitative estimate of drug-likeness (QED) is 0.404. The molecule has 0 N–H and O–H groups in total. The van der Waals surface area contributed by atoms with Gasteiger partial charge in [-0.05, 0) is 0 Å². The van der Waals surface area contributed by atoms with Gasteiger partial charge in [0, 0.05) is 0 Å². The summed E-state index contributed by atoms with van der Waals surface area (Å²) in [4.78, 5) is 10.5. The normalized spacial score (nSPS) is 21.3. The van der Waals surface area contributed by atoms with Gasteiger partial charge in [-0.15, -0.1) is 0 Å². The molecule has 1 atom stereocenters. The molecule has 0 spiro atoms. The van der Waals surface area contributed by atoms with Gasteiger partial charge in [0.25, 0.3) is 0 Å². The van der Waals surface area contributed by atoms with Crippen LogP contribution in [-0.4, -0.2) is 25.3 Å². The molecule has 1 aliphatic heterocycles. The minimum Gasteiger partial charge on any atom is -0.462 e. The van der Waals surface area contributed by atoms with Crippen LogP contribution in [0.2, 0.25) is 0 Å². The van der Waals surface area contributed by atoms with E-state index in [1.165, 1.54) is 0 Å². The van der Waals surface area contributed by atoms with Crippen molar-refractivity contribution in [1.29, 1.82) is 5.26 Å². The van der Waals surface area contributed by atoms with E-state index in [4.69, 9.17) is 10.00 Å². The van der Waals surface area contributed by atoms with Gasteiger partial charge >= 0.3 is 5.97 Å². The highest BCUT2D eigenvalue weighted by atomic mass is 16.6. The maximum absolute atomic E-state index is 10.5. The lowest BCUT2D eigenvalue weighted by atomic mass is 10.5. The van der Waals surface area contributed by atoms with E-state index in [-0.39, 0.29) is 12.5 Å². The second-order valence-electron chi connectivity index (χ2n) is 1.97. The maximum atomic E-state index is 10.5. The van der Waals surface area contributed by atoms with E-state index in [1.54, 1.807) is 6.07 Å². The first-order valence-electron chi connectivity index (χ1n) is 2.97. The van der Waals surface area contributed by atoms with Crippen molar-refractivity contribution in [3.05, 3.63) is 0 Å². The van der Waals surface area contributed by atoms with Gasteiger partial charge in [-0.1, -0.05) is 0 Å². The molecule has 0 aromatic carbocycles. The van der Waals surface area contributed by atoms with Crippen molar-refractivity contribution in [3.63, 3.8) is 0 Å². The molecule has 1 heterocycles. The Morgan fingerprint density at radius 1 is 1.90 bits per heavy atom. The van der Waals surface area contributed by atoms with Gasteiger partial charge in [0.05, 0.1) is 12.7 Å². The average molecular weight is 141 g/mol. The molecule has 0 aromatic heterocycles. The third-order valence-corrected chi connectivity index (χ3v) is 1.06. The van der Waals surface area contributed by atoms with Crippen LogP contribution >= 0.6 is 0 Å². The van der Waals surface area contributed by atoms with Crippen molar-refractivity contribution >= 4 is 5.97 Å². The highest BCUT2D eigenvalue weighted by Gasteiger charge is 2.23. The summed E-state index contributed by atoms with van der Waals surface area (Å²) in [5, 5.41) is 8.04. The maximum Gasteiger partial charge on any atom is 0.320 e. The second-order valence-corrected chi connectivity index (χ2v) is 1.97. The Morgan fingerprint density at radius 3 is 3.10 bits per heavy atom. The number of hydrogen-bond donors (Lipinski definition) is 0. The Balaban J connectivity index is 2.01. The number of nitriles is 1. The van der Waals surface area contributed by atoms with Crippen LogP contribution in [0.1, 0.15) is 6.42 Å². The van der Waals surface area contributed by atoms with Crippen molar-refractivity contribution in [2.45, 2.75) is 12.5 Å². The molecule has 0 aromatic rings. The lowest BCUT2D eigenvalue weighted by molar-refractivity contribution is -0.142. The molecule has 1 fully saturated rings. The van der Waals surface area contributed by atoms with Crippen LogP contribution in [-0.2, 0) is 14.3 Å². The summed E-state index contributed by atoms with van der Waals surface area (Å²) >= 11 is 0. The van der Waals surface area contributed by atoms with Crippen LogP contribution in [0.5, 0.6) is 0 Å². The number of carbonyl (C=O) groups excluding carboxylic acids is 1. The summed E-state index contributed by atoms with van der Waals surface area (Å²) in [5.74, 6) is -0.474. The molecule has 0 bridgehead atoms. The van der Waals surface area contributed by atoms with Crippen LogP contribution in [0, 0.1) is 11.3 Å². The Morgan fingerprint density at radius 2 is 2.60 bits per heavy atom. The van der Waals surface area contributed by atoms with Gasteiger partial charge < -0.3 is 9.47 Å². The summed E-state index contributed by atoms with van der Waals surface area (Å²) in [7, 11) is 0. The number of carbonyl (C=O) groups is 1. The topological polar surface area (TPSA) is 62.6 Å². The Labute approximate surface area is 58.3 Å². The molecule has 1 saturated heterocycles. The predicted octanol–water partition coefficient (Wildman–Crippen LogP) is -0.158. The van der Waals surface area contributed by atoms with Gasteiger partial charge in [-0.25, -0.2) is 0 Å². The van der Waals surface area contributed by atoms with Crippen molar-refractivity contribution in [1.82, 2.24) is 0 Å². The third kappa shape index (κ3) is 2.46. The smallest absolute Gasteiger partial charge is 0.320 e. The third-order valence-electron chi connectivity index (χ3n) is 1.06. The zero-order valence-corrected chi connectivity index (χ0v) is 5.37. The Kier molecular flexibility index (Phi) is 2.24. The van der Waals surface area contributed by atoms with Crippen molar-refractivity contribution in [2.75, 3.05) is 13.2 Å². The summed E-state index contributed by atoms with van der Waals surface area (Å²) < 4.78 is 9.40. The minimum atomic E-state index is -0.474. The monoisotopic (exact) mass is 141 g/mol. The molecular formula is C6H7NO3. The molecular weight excluding hydrogens is 134 g/mol. The van der Waals surface area contributed by atoms with E-state index in [0.29, 0.717) is 13.2 Å². The van der Waals surface area contributed by atoms with Crippen LogP contribution in [0.25, 0.3) is 0 Å². The zero-order chi connectivity index (χ0) is 7.40. The molecule has 1 unspecified atom stereocenters. The van der Waals surface area contributed by atoms with Gasteiger partial charge in [0.2, 0.25) is 0 Å². The number of ether oxygens (including phenoxy) is 2. The molecule has 0 amide bonds. The largest absolute Gasteiger partial charge is 0.462 e. The van der Waals surface area contributed by atoms with Crippen molar-refractivity contribution in [3.8, 4) is 6.07 Å². The molecule has 1 aliphatic rings. The van der Waals surface area contributed by atoms with E-state index in [1.807, 2.05) is 0 Å². The number of rotatable bonds is 3. The summed E-state index contributed by atoms with van der Waals surface area (Å²) in [6.07, 6.45) is -0.0881. The van der Waals surface area contributed by atoms with Gasteiger partial charge in [-0.2, -0.15) is 5.26 Å². The first-order valence-corrected chi connectivity index (χ1v) is 2.97. The molecule has 4 nitrogen and oxygen atoms in total. The fraction of sp³-hybridized carbons (Fsp3) is 0.667. The first-order chi connectivity index (χ1) is 4.83. The molecule has 1 rings (SSSR count). The average Bonchev–Trinajstić information content (AvgIpc) is 2.67. The number of hydrogen-bond acceptors (Lipinski definition) is 4. The van der Waals surface area contributed by atoms with E-state index < -0.39 is 5.97 Å². The van der Waals surface area contributed by atoms with Gasteiger partial charge in [0.1, 0.15) is 19.1 Å². The van der Waals surface area contributed by atoms with E-state index >= 15 is 0 Å². The zero-order valence-electron chi connectivity index (χ0n) is 5.37. The highest BCUT2D eigenvalue weighted by molar-refractivity contribution is 5.71. The van der Waals surface area contributed by atoms with E-state index in [0.717, 1.165) is 0 Å². The fourth-order valence-electron chi connectivity index (χ4n) is 0.466. The Hall–Kier alpha value is -1.08. The minimum absolute atomic E-state index is 0.0858. The summed E-state index contributed by atoms with van der Waals surface area (Å²) in [5.41, 5.74) is 0. The number of epoxide rings is 1. The van der Waals surface area contributed by atoms with Crippen molar-refractivity contribution in [2.24, 2.45) is 0 Å². The predicted molar refractivity (Wildman–Crippen MR) is 30.9 cm³/mol. The fourth-order valence-corrected chi connectivity index (χ4v) is 0.466. The summed E-state index contributed by atoms with van der Waals surface area (Å²) in [6, 6.07) is 1.70. The SMILES string of the molecule is N#CCC(=O)OCC1CO1. The number of nitrogens with zero attached hydrogens (tertiary/aromatic N) is 1. The molecule has 10 heavy (non-hydrogen) atoms. The molecule has 54 valence electrons. The van der Waals surface area contributed by atoms with Crippen molar-refractivity contribution < 1.29 is 14.3 Å². The Bertz CT molecular complexity index is 168. The van der Waals surface area contributed by atoms with Crippen LogP contribution in [0.3, 0.4) is 0 Å². The highest BCUT2D eigenvalue weighted by Crippen LogP contribution is 2.08. The molecule has 0 saturated carbocycles. The summed E-state index contributed by atoms with van der Waals surface area (Å²) in [6.45, 7) is 0.959. The van der Waals surface area contributed by atoms with Crippen LogP contribution in [0.15, 0.2) is 0 Å². The molecule has 0 radical (unpaired) electrons. The molecule has 0 aliphatic carbocycles. The first kappa shape index (κ1) is 7.03. The second kappa shape index (κ2) is 3.18. The standard InChI is InChI=1S/C6H7NO3/c7-2-1-6(8)10-4-5-3-9-5/h5H,1,3-4H2. The lowest BCUT2D eigenvalue weighted by Crippen LogP contribution is -2.08.